The Balaban J connectivity index is 0.000000235. The van der Waals surface area contributed by atoms with E-state index >= 15 is 0 Å². The number of nitrogens with zero attached hydrogens (tertiary/aromatic N) is 5. The highest BCUT2D eigenvalue weighted by molar-refractivity contribution is 6.29. The minimum atomic E-state index is -0.540. The van der Waals surface area contributed by atoms with Crippen LogP contribution in [0.2, 0.25) is 10.3 Å². The molecule has 0 aromatic carbocycles. The molecule has 0 atom stereocenters. The summed E-state index contributed by atoms with van der Waals surface area (Å²) in [6.07, 6.45) is 2.37. The van der Waals surface area contributed by atoms with Crippen LogP contribution < -0.4 is 4.74 Å². The molecule has 0 spiro atoms. The minimum Gasteiger partial charge on any atom is -0.388 e. The zero-order chi connectivity index (χ0) is 16.5. The zero-order valence-corrected chi connectivity index (χ0v) is 13.3. The third-order valence-electron chi connectivity index (χ3n) is 1.96. The van der Waals surface area contributed by atoms with E-state index in [1.165, 1.54) is 23.4 Å². The van der Waals surface area contributed by atoms with Crippen LogP contribution in [0.3, 0.4) is 0 Å². The van der Waals surface area contributed by atoms with Gasteiger partial charge in [0.15, 0.2) is 5.82 Å². The molecule has 118 valence electrons. The fourth-order valence-corrected chi connectivity index (χ4v) is 1.27. The Bertz CT molecular complexity index is 627. The van der Waals surface area contributed by atoms with Crippen LogP contribution >= 0.6 is 23.2 Å². The molecule has 0 unspecified atom stereocenters. The molecule has 0 radical (unpaired) electrons. The van der Waals surface area contributed by atoms with Gasteiger partial charge in [0.25, 0.3) is 0 Å². The summed E-state index contributed by atoms with van der Waals surface area (Å²) in [6, 6.07) is 3.00. The SMILES string of the molecule is CN(C)C(=O)Oc1nccc(Cl)n1.OCc1nccc(Cl)n1. The van der Waals surface area contributed by atoms with E-state index in [1.54, 1.807) is 20.2 Å². The van der Waals surface area contributed by atoms with Crippen LogP contribution in [0.1, 0.15) is 5.82 Å². The maximum atomic E-state index is 11.0. The molecule has 2 aromatic heterocycles. The van der Waals surface area contributed by atoms with Gasteiger partial charge in [0.05, 0.1) is 0 Å². The normalized spacial score (nSPS) is 9.50. The quantitative estimate of drug-likeness (QED) is 0.828. The van der Waals surface area contributed by atoms with Gasteiger partial charge in [-0.3, -0.25) is 0 Å². The highest BCUT2D eigenvalue weighted by Crippen LogP contribution is 2.08. The van der Waals surface area contributed by atoms with Gasteiger partial charge in [-0.25, -0.2) is 19.7 Å². The molecule has 2 rings (SSSR count). The van der Waals surface area contributed by atoms with Crippen molar-refractivity contribution in [3.63, 3.8) is 0 Å². The summed E-state index contributed by atoms with van der Waals surface area (Å²) >= 11 is 11.0. The average molecular weight is 346 g/mol. The summed E-state index contributed by atoms with van der Waals surface area (Å²) in [5, 5.41) is 9.07. The standard InChI is InChI=1S/C7H8ClN3O2.C5H5ClN2O/c1-11(2)7(12)13-6-9-4-3-5(8)10-6;6-4-1-2-7-5(3-9)8-4/h3-4H,1-2H3;1-2,9H,3H2. The van der Waals surface area contributed by atoms with Crippen molar-refractivity contribution >= 4 is 29.3 Å². The number of aliphatic hydroxyl groups is 1. The van der Waals surface area contributed by atoms with Crippen molar-refractivity contribution in [2.45, 2.75) is 6.61 Å². The first-order valence-electron chi connectivity index (χ1n) is 5.88. The van der Waals surface area contributed by atoms with Gasteiger partial charge in [-0.15, -0.1) is 0 Å². The van der Waals surface area contributed by atoms with Crippen LogP contribution in [0.5, 0.6) is 6.01 Å². The maximum absolute atomic E-state index is 11.0. The van der Waals surface area contributed by atoms with Gasteiger partial charge in [0.2, 0.25) is 0 Å². The van der Waals surface area contributed by atoms with Crippen molar-refractivity contribution in [2.75, 3.05) is 14.1 Å². The molecule has 0 saturated heterocycles. The fourth-order valence-electron chi connectivity index (χ4n) is 0.989. The van der Waals surface area contributed by atoms with Gasteiger partial charge < -0.3 is 14.7 Å². The molecule has 2 aromatic rings. The van der Waals surface area contributed by atoms with Crippen molar-refractivity contribution in [1.82, 2.24) is 24.8 Å². The maximum Gasteiger partial charge on any atom is 0.417 e. The van der Waals surface area contributed by atoms with Crippen molar-refractivity contribution in [2.24, 2.45) is 0 Å². The van der Waals surface area contributed by atoms with Crippen LogP contribution in [0.15, 0.2) is 24.5 Å². The van der Waals surface area contributed by atoms with Crippen molar-refractivity contribution in [1.29, 1.82) is 0 Å². The fraction of sp³-hybridized carbons (Fsp3) is 0.250. The largest absolute Gasteiger partial charge is 0.417 e. The van der Waals surface area contributed by atoms with E-state index in [0.29, 0.717) is 11.0 Å². The molecular formula is C12H13Cl2N5O3. The Morgan fingerprint density at radius 3 is 2.23 bits per heavy atom. The van der Waals surface area contributed by atoms with Crippen molar-refractivity contribution in [3.8, 4) is 6.01 Å². The summed E-state index contributed by atoms with van der Waals surface area (Å²) in [4.78, 5) is 27.1. The molecule has 10 heteroatoms. The van der Waals surface area contributed by atoms with E-state index in [-0.39, 0.29) is 17.8 Å². The number of ether oxygens (including phenoxy) is 1. The van der Waals surface area contributed by atoms with Crippen molar-refractivity contribution < 1.29 is 14.6 Å². The second-order valence-electron chi connectivity index (χ2n) is 3.88. The number of aromatic nitrogens is 4. The van der Waals surface area contributed by atoms with E-state index in [0.717, 1.165) is 0 Å². The lowest BCUT2D eigenvalue weighted by Crippen LogP contribution is -2.26. The topological polar surface area (TPSA) is 101 Å². The highest BCUT2D eigenvalue weighted by Gasteiger charge is 2.08. The van der Waals surface area contributed by atoms with Crippen LogP contribution in [0.4, 0.5) is 4.79 Å². The molecule has 22 heavy (non-hydrogen) atoms. The molecule has 0 aliphatic heterocycles. The number of hydrogen-bond acceptors (Lipinski definition) is 7. The number of aliphatic hydroxyl groups excluding tert-OH is 1. The van der Waals surface area contributed by atoms with E-state index in [2.05, 4.69) is 19.9 Å². The smallest absolute Gasteiger partial charge is 0.388 e. The summed E-state index contributed by atoms with van der Waals surface area (Å²) < 4.78 is 4.74. The molecular weight excluding hydrogens is 333 g/mol. The molecule has 0 bridgehead atoms. The van der Waals surface area contributed by atoms with Crippen LogP contribution in [0, 0.1) is 0 Å². The summed E-state index contributed by atoms with van der Waals surface area (Å²) in [5.74, 6) is 0.350. The number of halogens is 2. The van der Waals surface area contributed by atoms with E-state index < -0.39 is 6.09 Å². The Kier molecular flexibility index (Phi) is 7.44. The molecule has 2 heterocycles. The Labute approximate surface area is 136 Å². The van der Waals surface area contributed by atoms with Crippen LogP contribution in [-0.2, 0) is 6.61 Å². The molecule has 8 nitrogen and oxygen atoms in total. The van der Waals surface area contributed by atoms with Gasteiger partial charge in [-0.05, 0) is 12.1 Å². The number of carbonyl (C=O) groups is 1. The lowest BCUT2D eigenvalue weighted by molar-refractivity contribution is 0.168. The monoisotopic (exact) mass is 345 g/mol. The summed E-state index contributed by atoms with van der Waals surface area (Å²) in [6.45, 7) is -0.166. The highest BCUT2D eigenvalue weighted by atomic mass is 35.5. The summed E-state index contributed by atoms with van der Waals surface area (Å²) in [5.41, 5.74) is 0. The Morgan fingerprint density at radius 1 is 1.18 bits per heavy atom. The second-order valence-corrected chi connectivity index (χ2v) is 4.65. The number of rotatable bonds is 2. The van der Waals surface area contributed by atoms with E-state index in [4.69, 9.17) is 33.0 Å². The number of carbonyl (C=O) groups excluding carboxylic acids is 1. The molecule has 1 N–H and O–H groups in total. The first-order valence-corrected chi connectivity index (χ1v) is 6.64. The summed E-state index contributed by atoms with van der Waals surface area (Å²) in [7, 11) is 3.12. The third kappa shape index (κ3) is 6.61. The van der Waals surface area contributed by atoms with Gasteiger partial charge in [0, 0.05) is 26.5 Å². The number of amides is 1. The van der Waals surface area contributed by atoms with Gasteiger partial charge in [-0.1, -0.05) is 23.2 Å². The van der Waals surface area contributed by atoms with Gasteiger partial charge in [0.1, 0.15) is 16.9 Å². The lowest BCUT2D eigenvalue weighted by atomic mass is 10.6. The van der Waals surface area contributed by atoms with E-state index in [9.17, 15) is 4.79 Å². The predicted molar refractivity (Wildman–Crippen MR) is 79.7 cm³/mol. The molecule has 0 saturated carbocycles. The predicted octanol–water partition coefficient (Wildman–Crippen LogP) is 1.81. The first-order chi connectivity index (χ1) is 10.4. The van der Waals surface area contributed by atoms with E-state index in [1.807, 2.05) is 0 Å². The van der Waals surface area contributed by atoms with Crippen LogP contribution in [-0.4, -0.2) is 50.1 Å². The molecule has 0 aliphatic rings. The third-order valence-corrected chi connectivity index (χ3v) is 2.38. The molecule has 0 fully saturated rings. The Morgan fingerprint density at radius 2 is 1.77 bits per heavy atom. The first kappa shape index (κ1) is 18.0. The minimum absolute atomic E-state index is 0.0498. The number of hydrogen-bond donors (Lipinski definition) is 1. The molecule has 0 aliphatic carbocycles. The second kappa shape index (κ2) is 9.08. The van der Waals surface area contributed by atoms with Gasteiger partial charge in [-0.2, -0.15) is 4.98 Å². The molecule has 1 amide bonds. The van der Waals surface area contributed by atoms with Crippen molar-refractivity contribution in [3.05, 3.63) is 40.7 Å². The Hall–Kier alpha value is -2.03. The zero-order valence-electron chi connectivity index (χ0n) is 11.8. The lowest BCUT2D eigenvalue weighted by Gasteiger charge is -2.08. The average Bonchev–Trinajstić information content (AvgIpc) is 2.47. The van der Waals surface area contributed by atoms with Crippen LogP contribution in [0.25, 0.3) is 0 Å². The van der Waals surface area contributed by atoms with Gasteiger partial charge >= 0.3 is 12.1 Å².